The number of carbonyl (C=O) groups is 1. The Hall–Kier alpha value is -1.71. The summed E-state index contributed by atoms with van der Waals surface area (Å²) >= 11 is 0. The Morgan fingerprint density at radius 2 is 2.21 bits per heavy atom. The third-order valence-corrected chi connectivity index (χ3v) is 1.92. The van der Waals surface area contributed by atoms with Crippen LogP contribution < -0.4 is 4.74 Å². The summed E-state index contributed by atoms with van der Waals surface area (Å²) in [5.74, 6) is -0.299. The maximum atomic E-state index is 10.4. The first-order valence-corrected chi connectivity index (χ1v) is 4.21. The third-order valence-electron chi connectivity index (χ3n) is 1.92. The molecule has 76 valence electrons. The van der Waals surface area contributed by atoms with Crippen LogP contribution in [-0.2, 0) is 11.2 Å². The molecule has 0 spiro atoms. The number of phenolic OH excluding ortho intramolecular Hbond substituents is 1. The van der Waals surface area contributed by atoms with E-state index in [-0.39, 0.29) is 18.6 Å². The molecule has 1 aromatic rings. The van der Waals surface area contributed by atoms with Crippen molar-refractivity contribution in [3.63, 3.8) is 0 Å². The second-order valence-electron chi connectivity index (χ2n) is 2.85. The zero-order chi connectivity index (χ0) is 10.6. The van der Waals surface area contributed by atoms with Crippen LogP contribution in [0.4, 0.5) is 0 Å². The van der Waals surface area contributed by atoms with Gasteiger partial charge in [-0.3, -0.25) is 4.79 Å². The Labute approximate surface area is 81.8 Å². The Balaban J connectivity index is 2.87. The van der Waals surface area contributed by atoms with Crippen molar-refractivity contribution in [1.82, 2.24) is 0 Å². The van der Waals surface area contributed by atoms with Crippen LogP contribution in [0.2, 0.25) is 0 Å². The number of methoxy groups -OCH3 is 1. The first kappa shape index (κ1) is 10.4. The van der Waals surface area contributed by atoms with Gasteiger partial charge < -0.3 is 14.9 Å². The third kappa shape index (κ3) is 2.39. The fraction of sp³-hybridized carbons (Fsp3) is 0.300. The summed E-state index contributed by atoms with van der Waals surface area (Å²) < 4.78 is 5.01. The largest absolute Gasteiger partial charge is 0.508 e. The number of aromatic hydroxyl groups is 1. The monoisotopic (exact) mass is 196 g/mol. The van der Waals surface area contributed by atoms with Gasteiger partial charge >= 0.3 is 5.97 Å². The normalized spacial score (nSPS) is 9.79. The van der Waals surface area contributed by atoms with Crippen LogP contribution in [-0.4, -0.2) is 23.3 Å². The van der Waals surface area contributed by atoms with Gasteiger partial charge in [-0.05, 0) is 18.6 Å². The number of hydrogen-bond donors (Lipinski definition) is 2. The Bertz CT molecular complexity index is 333. The standard InChI is InChI=1S/C10H12O4/c1-14-9-4-2-3-8(11)7(9)5-6-10(12)13/h2-4,11H,5-6H2,1H3,(H,12,13). The maximum absolute atomic E-state index is 10.4. The van der Waals surface area contributed by atoms with Crippen LogP contribution in [0.1, 0.15) is 12.0 Å². The van der Waals surface area contributed by atoms with Gasteiger partial charge in [0.1, 0.15) is 11.5 Å². The molecule has 0 unspecified atom stereocenters. The molecule has 4 nitrogen and oxygen atoms in total. The summed E-state index contributed by atoms with van der Waals surface area (Å²) in [5, 5.41) is 18.0. The van der Waals surface area contributed by atoms with E-state index in [0.717, 1.165) is 0 Å². The highest BCUT2D eigenvalue weighted by atomic mass is 16.5. The van der Waals surface area contributed by atoms with Crippen LogP contribution >= 0.6 is 0 Å². The van der Waals surface area contributed by atoms with Crippen molar-refractivity contribution in [1.29, 1.82) is 0 Å². The van der Waals surface area contributed by atoms with Crippen molar-refractivity contribution in [2.45, 2.75) is 12.8 Å². The molecule has 0 aliphatic carbocycles. The molecular weight excluding hydrogens is 184 g/mol. The molecule has 0 aliphatic rings. The van der Waals surface area contributed by atoms with Gasteiger partial charge in [0.2, 0.25) is 0 Å². The number of ether oxygens (including phenoxy) is 1. The second kappa shape index (κ2) is 4.50. The minimum atomic E-state index is -0.893. The van der Waals surface area contributed by atoms with E-state index >= 15 is 0 Å². The molecule has 0 radical (unpaired) electrons. The number of hydrogen-bond acceptors (Lipinski definition) is 3. The van der Waals surface area contributed by atoms with E-state index in [2.05, 4.69) is 0 Å². The fourth-order valence-electron chi connectivity index (χ4n) is 1.23. The van der Waals surface area contributed by atoms with Gasteiger partial charge in [-0.2, -0.15) is 0 Å². The average Bonchev–Trinajstić information content (AvgIpc) is 2.15. The SMILES string of the molecule is COc1cccc(O)c1CCC(=O)O. The van der Waals surface area contributed by atoms with Gasteiger partial charge in [-0.25, -0.2) is 0 Å². The summed E-state index contributed by atoms with van der Waals surface area (Å²) in [5.41, 5.74) is 0.539. The van der Waals surface area contributed by atoms with Crippen molar-refractivity contribution in [2.75, 3.05) is 7.11 Å². The van der Waals surface area contributed by atoms with Crippen molar-refractivity contribution >= 4 is 5.97 Å². The topological polar surface area (TPSA) is 66.8 Å². The van der Waals surface area contributed by atoms with Gasteiger partial charge in [0, 0.05) is 12.0 Å². The molecule has 2 N–H and O–H groups in total. The summed E-state index contributed by atoms with van der Waals surface area (Å²) in [7, 11) is 1.49. The molecule has 0 atom stereocenters. The quantitative estimate of drug-likeness (QED) is 0.764. The molecule has 0 heterocycles. The number of carboxylic acid groups (broad SMARTS) is 1. The summed E-state index contributed by atoms with van der Waals surface area (Å²) in [6, 6.07) is 4.86. The number of aliphatic carboxylic acids is 1. The van der Waals surface area contributed by atoms with E-state index in [1.807, 2.05) is 0 Å². The minimum absolute atomic E-state index is 0.0199. The average molecular weight is 196 g/mol. The molecule has 0 saturated heterocycles. The number of carboxylic acids is 1. The predicted molar refractivity (Wildman–Crippen MR) is 50.6 cm³/mol. The van der Waals surface area contributed by atoms with Crippen molar-refractivity contribution in [3.05, 3.63) is 23.8 Å². The van der Waals surface area contributed by atoms with E-state index in [0.29, 0.717) is 11.3 Å². The van der Waals surface area contributed by atoms with Gasteiger partial charge in [0.05, 0.1) is 7.11 Å². The van der Waals surface area contributed by atoms with Crippen LogP contribution in [0.3, 0.4) is 0 Å². The molecule has 0 amide bonds. The molecule has 0 bridgehead atoms. The Kier molecular flexibility index (Phi) is 3.34. The number of phenols is 1. The zero-order valence-electron chi connectivity index (χ0n) is 7.86. The zero-order valence-corrected chi connectivity index (χ0v) is 7.86. The molecule has 0 saturated carbocycles. The molecule has 14 heavy (non-hydrogen) atoms. The highest BCUT2D eigenvalue weighted by Crippen LogP contribution is 2.28. The lowest BCUT2D eigenvalue weighted by atomic mass is 10.1. The molecule has 4 heteroatoms. The Morgan fingerprint density at radius 1 is 1.50 bits per heavy atom. The van der Waals surface area contributed by atoms with Crippen molar-refractivity contribution < 1.29 is 19.7 Å². The summed E-state index contributed by atoms with van der Waals surface area (Å²) in [4.78, 5) is 10.4. The van der Waals surface area contributed by atoms with Gasteiger partial charge in [0.15, 0.2) is 0 Å². The second-order valence-corrected chi connectivity index (χ2v) is 2.85. The van der Waals surface area contributed by atoms with E-state index in [4.69, 9.17) is 9.84 Å². The van der Waals surface area contributed by atoms with E-state index in [1.165, 1.54) is 13.2 Å². The van der Waals surface area contributed by atoms with Crippen LogP contribution in [0.25, 0.3) is 0 Å². The summed E-state index contributed by atoms with van der Waals surface area (Å²) in [6.45, 7) is 0. The fourth-order valence-corrected chi connectivity index (χ4v) is 1.23. The predicted octanol–water partition coefficient (Wildman–Crippen LogP) is 1.42. The first-order chi connectivity index (χ1) is 6.65. The van der Waals surface area contributed by atoms with E-state index < -0.39 is 5.97 Å². The van der Waals surface area contributed by atoms with Crippen molar-refractivity contribution in [2.24, 2.45) is 0 Å². The molecular formula is C10H12O4. The van der Waals surface area contributed by atoms with Gasteiger partial charge in [-0.15, -0.1) is 0 Å². The number of benzene rings is 1. The highest BCUT2D eigenvalue weighted by molar-refractivity contribution is 5.67. The molecule has 1 aromatic carbocycles. The first-order valence-electron chi connectivity index (χ1n) is 4.21. The van der Waals surface area contributed by atoms with Gasteiger partial charge in [0.25, 0.3) is 0 Å². The molecule has 0 aliphatic heterocycles. The van der Waals surface area contributed by atoms with E-state index in [1.54, 1.807) is 12.1 Å². The van der Waals surface area contributed by atoms with Crippen LogP contribution in [0.5, 0.6) is 11.5 Å². The molecule has 0 aromatic heterocycles. The Morgan fingerprint density at radius 3 is 2.79 bits per heavy atom. The van der Waals surface area contributed by atoms with E-state index in [9.17, 15) is 9.90 Å². The molecule has 1 rings (SSSR count). The number of rotatable bonds is 4. The maximum Gasteiger partial charge on any atom is 0.303 e. The molecule has 0 fully saturated rings. The smallest absolute Gasteiger partial charge is 0.303 e. The lowest BCUT2D eigenvalue weighted by Crippen LogP contribution is -1.99. The highest BCUT2D eigenvalue weighted by Gasteiger charge is 2.09. The van der Waals surface area contributed by atoms with Crippen LogP contribution in [0.15, 0.2) is 18.2 Å². The van der Waals surface area contributed by atoms with Crippen molar-refractivity contribution in [3.8, 4) is 11.5 Å². The lowest BCUT2D eigenvalue weighted by Gasteiger charge is -2.08. The lowest BCUT2D eigenvalue weighted by molar-refractivity contribution is -0.136. The van der Waals surface area contributed by atoms with Crippen LogP contribution in [0, 0.1) is 0 Å². The minimum Gasteiger partial charge on any atom is -0.508 e. The van der Waals surface area contributed by atoms with Gasteiger partial charge in [-0.1, -0.05) is 6.07 Å². The summed E-state index contributed by atoms with van der Waals surface area (Å²) in [6.07, 6.45) is 0.249.